The molecule has 0 aliphatic heterocycles. The van der Waals surface area contributed by atoms with Crippen LogP contribution in [-0.2, 0) is 6.54 Å². The van der Waals surface area contributed by atoms with Gasteiger partial charge in [-0.15, -0.1) is 0 Å². The number of hydrogen-bond donors (Lipinski definition) is 1. The predicted molar refractivity (Wildman–Crippen MR) is 66.6 cm³/mol. The van der Waals surface area contributed by atoms with Crippen molar-refractivity contribution in [3.63, 3.8) is 0 Å². The number of pyridine rings is 1. The standard InChI is InChI=1S/C12H18ClN3/c1-16(7-6-15-11-2-3-11)9-10-4-5-14-8-12(10)13/h4-5,8,11,15H,2-3,6-7,9H2,1H3. The summed E-state index contributed by atoms with van der Waals surface area (Å²) in [6, 6.07) is 2.77. The molecular weight excluding hydrogens is 222 g/mol. The predicted octanol–water partition coefficient (Wildman–Crippen LogP) is 1.92. The molecule has 1 N–H and O–H groups in total. The number of hydrogen-bond acceptors (Lipinski definition) is 3. The normalized spacial score (nSPS) is 15.7. The highest BCUT2D eigenvalue weighted by molar-refractivity contribution is 6.31. The number of rotatable bonds is 6. The van der Waals surface area contributed by atoms with Gasteiger partial charge < -0.3 is 10.2 Å². The van der Waals surface area contributed by atoms with Crippen LogP contribution in [0.1, 0.15) is 18.4 Å². The smallest absolute Gasteiger partial charge is 0.0634 e. The molecule has 0 atom stereocenters. The number of halogens is 1. The molecular formula is C12H18ClN3. The third-order valence-corrected chi connectivity index (χ3v) is 3.14. The van der Waals surface area contributed by atoms with Crippen molar-refractivity contribution in [1.29, 1.82) is 0 Å². The maximum Gasteiger partial charge on any atom is 0.0634 e. The summed E-state index contributed by atoms with van der Waals surface area (Å²) < 4.78 is 0. The van der Waals surface area contributed by atoms with Crippen molar-refractivity contribution in [3.8, 4) is 0 Å². The highest BCUT2D eigenvalue weighted by atomic mass is 35.5. The monoisotopic (exact) mass is 239 g/mol. The summed E-state index contributed by atoms with van der Waals surface area (Å²) in [6.07, 6.45) is 6.18. The first-order chi connectivity index (χ1) is 7.75. The van der Waals surface area contributed by atoms with Gasteiger partial charge >= 0.3 is 0 Å². The Morgan fingerprint density at radius 1 is 1.56 bits per heavy atom. The van der Waals surface area contributed by atoms with Crippen LogP contribution < -0.4 is 5.32 Å². The van der Waals surface area contributed by atoms with Gasteiger partial charge in [0.15, 0.2) is 0 Å². The zero-order valence-corrected chi connectivity index (χ0v) is 10.4. The van der Waals surface area contributed by atoms with E-state index in [1.807, 2.05) is 6.07 Å². The molecule has 1 aromatic heterocycles. The fourth-order valence-corrected chi connectivity index (χ4v) is 1.83. The summed E-state index contributed by atoms with van der Waals surface area (Å²) in [5.74, 6) is 0. The molecule has 0 radical (unpaired) electrons. The third-order valence-electron chi connectivity index (χ3n) is 2.80. The van der Waals surface area contributed by atoms with Gasteiger partial charge in [0.05, 0.1) is 5.02 Å². The van der Waals surface area contributed by atoms with E-state index in [0.717, 1.165) is 36.3 Å². The highest BCUT2D eigenvalue weighted by Crippen LogP contribution is 2.18. The van der Waals surface area contributed by atoms with E-state index in [4.69, 9.17) is 11.6 Å². The zero-order valence-electron chi connectivity index (χ0n) is 9.62. The SMILES string of the molecule is CN(CCNC1CC1)Cc1ccncc1Cl. The van der Waals surface area contributed by atoms with Gasteiger partial charge in [0.2, 0.25) is 0 Å². The molecule has 0 saturated heterocycles. The van der Waals surface area contributed by atoms with Gasteiger partial charge in [-0.1, -0.05) is 11.6 Å². The number of aromatic nitrogens is 1. The number of likely N-dealkylation sites (N-methyl/N-ethyl adjacent to an activating group) is 1. The van der Waals surface area contributed by atoms with Gasteiger partial charge in [-0.3, -0.25) is 4.98 Å². The first-order valence-electron chi connectivity index (χ1n) is 5.76. The first-order valence-corrected chi connectivity index (χ1v) is 6.14. The summed E-state index contributed by atoms with van der Waals surface area (Å²) in [4.78, 5) is 6.26. The summed E-state index contributed by atoms with van der Waals surface area (Å²) in [7, 11) is 2.12. The maximum atomic E-state index is 6.06. The molecule has 0 bridgehead atoms. The van der Waals surface area contributed by atoms with Crippen LogP contribution >= 0.6 is 11.6 Å². The van der Waals surface area contributed by atoms with Gasteiger partial charge in [0.1, 0.15) is 0 Å². The van der Waals surface area contributed by atoms with Gasteiger partial charge in [0, 0.05) is 38.1 Å². The maximum absolute atomic E-state index is 6.06. The molecule has 2 rings (SSSR count). The Hall–Kier alpha value is -0.640. The molecule has 1 aliphatic carbocycles. The Labute approximate surface area is 102 Å². The van der Waals surface area contributed by atoms with Crippen LogP contribution in [0.3, 0.4) is 0 Å². The average Bonchev–Trinajstić information content (AvgIpc) is 3.05. The molecule has 0 spiro atoms. The fourth-order valence-electron chi connectivity index (χ4n) is 1.65. The van der Waals surface area contributed by atoms with E-state index >= 15 is 0 Å². The van der Waals surface area contributed by atoms with Crippen molar-refractivity contribution >= 4 is 11.6 Å². The van der Waals surface area contributed by atoms with E-state index in [2.05, 4.69) is 22.2 Å². The molecule has 3 nitrogen and oxygen atoms in total. The van der Waals surface area contributed by atoms with Gasteiger partial charge in [-0.05, 0) is 31.5 Å². The molecule has 1 aliphatic rings. The van der Waals surface area contributed by atoms with Crippen molar-refractivity contribution in [2.24, 2.45) is 0 Å². The number of nitrogens with zero attached hydrogens (tertiary/aromatic N) is 2. The van der Waals surface area contributed by atoms with E-state index in [0.29, 0.717) is 0 Å². The number of nitrogens with one attached hydrogen (secondary N) is 1. The second kappa shape index (κ2) is 5.62. The Bertz CT molecular complexity index is 339. The fraction of sp³-hybridized carbons (Fsp3) is 0.583. The summed E-state index contributed by atoms with van der Waals surface area (Å²) in [5, 5.41) is 4.26. The van der Waals surface area contributed by atoms with Crippen LogP contribution in [-0.4, -0.2) is 36.1 Å². The highest BCUT2D eigenvalue weighted by Gasteiger charge is 2.19. The lowest BCUT2D eigenvalue weighted by molar-refractivity contribution is 0.324. The minimum Gasteiger partial charge on any atom is -0.313 e. The minimum atomic E-state index is 0.754. The molecule has 1 fully saturated rings. The largest absolute Gasteiger partial charge is 0.313 e. The summed E-state index contributed by atoms with van der Waals surface area (Å²) in [5.41, 5.74) is 1.14. The minimum absolute atomic E-state index is 0.754. The molecule has 1 heterocycles. The van der Waals surface area contributed by atoms with Crippen LogP contribution in [0.25, 0.3) is 0 Å². The Balaban J connectivity index is 1.73. The Morgan fingerprint density at radius 3 is 3.06 bits per heavy atom. The molecule has 1 saturated carbocycles. The van der Waals surface area contributed by atoms with Crippen LogP contribution in [0, 0.1) is 0 Å². The van der Waals surface area contributed by atoms with Gasteiger partial charge in [0.25, 0.3) is 0 Å². The van der Waals surface area contributed by atoms with Crippen molar-refractivity contribution in [2.45, 2.75) is 25.4 Å². The van der Waals surface area contributed by atoms with E-state index in [-0.39, 0.29) is 0 Å². The Morgan fingerprint density at radius 2 is 2.38 bits per heavy atom. The molecule has 0 aromatic carbocycles. The van der Waals surface area contributed by atoms with Gasteiger partial charge in [-0.2, -0.15) is 0 Å². The topological polar surface area (TPSA) is 28.2 Å². The quantitative estimate of drug-likeness (QED) is 0.822. The molecule has 4 heteroatoms. The zero-order chi connectivity index (χ0) is 11.4. The second-order valence-electron chi connectivity index (χ2n) is 4.43. The summed E-state index contributed by atoms with van der Waals surface area (Å²) in [6.45, 7) is 2.99. The molecule has 0 amide bonds. The second-order valence-corrected chi connectivity index (χ2v) is 4.84. The van der Waals surface area contributed by atoms with Crippen molar-refractivity contribution in [1.82, 2.24) is 15.2 Å². The van der Waals surface area contributed by atoms with E-state index in [1.54, 1.807) is 12.4 Å². The van der Waals surface area contributed by atoms with Gasteiger partial charge in [-0.25, -0.2) is 0 Å². The van der Waals surface area contributed by atoms with Crippen molar-refractivity contribution in [2.75, 3.05) is 20.1 Å². The van der Waals surface area contributed by atoms with E-state index < -0.39 is 0 Å². The lowest BCUT2D eigenvalue weighted by atomic mass is 10.2. The lowest BCUT2D eigenvalue weighted by Crippen LogP contribution is -2.30. The van der Waals surface area contributed by atoms with Crippen LogP contribution in [0.15, 0.2) is 18.5 Å². The molecule has 88 valence electrons. The third kappa shape index (κ3) is 3.74. The van der Waals surface area contributed by atoms with E-state index in [1.165, 1.54) is 12.8 Å². The van der Waals surface area contributed by atoms with Crippen molar-refractivity contribution in [3.05, 3.63) is 29.0 Å². The van der Waals surface area contributed by atoms with E-state index in [9.17, 15) is 0 Å². The van der Waals surface area contributed by atoms with Crippen LogP contribution in [0.5, 0.6) is 0 Å². The molecule has 16 heavy (non-hydrogen) atoms. The summed E-state index contributed by atoms with van der Waals surface area (Å²) >= 11 is 6.06. The van der Waals surface area contributed by atoms with Crippen LogP contribution in [0.2, 0.25) is 5.02 Å². The molecule has 0 unspecified atom stereocenters. The average molecular weight is 240 g/mol. The first kappa shape index (κ1) is 11.8. The lowest BCUT2D eigenvalue weighted by Gasteiger charge is -2.17. The van der Waals surface area contributed by atoms with Crippen molar-refractivity contribution < 1.29 is 0 Å². The van der Waals surface area contributed by atoms with Crippen LogP contribution in [0.4, 0.5) is 0 Å². The molecule has 1 aromatic rings. The Kier molecular flexibility index (Phi) is 4.16.